The highest BCUT2D eigenvalue weighted by atomic mass is 16.5. The fourth-order valence-electron chi connectivity index (χ4n) is 4.06. The van der Waals surface area contributed by atoms with Crippen molar-refractivity contribution < 1.29 is 19.1 Å². The third kappa shape index (κ3) is 7.86. The molecule has 206 valence electrons. The summed E-state index contributed by atoms with van der Waals surface area (Å²) in [5.41, 5.74) is 10.1. The highest BCUT2D eigenvalue weighted by Gasteiger charge is 2.24. The van der Waals surface area contributed by atoms with E-state index in [1.165, 1.54) is 12.1 Å². The van der Waals surface area contributed by atoms with Gasteiger partial charge in [-0.15, -0.1) is 0 Å². The first-order valence-electron chi connectivity index (χ1n) is 12.9. The highest BCUT2D eigenvalue weighted by Crippen LogP contribution is 2.37. The molecule has 3 amide bonds. The second-order valence-electron chi connectivity index (χ2n) is 11.0. The Balaban J connectivity index is 2.16. The molecule has 4 N–H and O–H groups in total. The predicted octanol–water partition coefficient (Wildman–Crippen LogP) is 5.33. The van der Waals surface area contributed by atoms with Crippen LogP contribution in [0.25, 0.3) is 11.1 Å². The average Bonchev–Trinajstić information content (AvgIpc) is 2.84. The van der Waals surface area contributed by atoms with Crippen LogP contribution < -0.4 is 16.4 Å². The fourth-order valence-corrected chi connectivity index (χ4v) is 4.06. The van der Waals surface area contributed by atoms with Gasteiger partial charge < -0.3 is 21.1 Å². The van der Waals surface area contributed by atoms with Crippen LogP contribution in [0.1, 0.15) is 78.1 Å². The van der Waals surface area contributed by atoms with Crippen LogP contribution in [0.5, 0.6) is 0 Å². The summed E-state index contributed by atoms with van der Waals surface area (Å²) >= 11 is 0. The number of amides is 3. The number of primary amides is 1. The maximum absolute atomic E-state index is 13.3. The number of nitrogens with two attached hydrogens (primary N) is 1. The van der Waals surface area contributed by atoms with E-state index in [2.05, 4.69) is 29.5 Å². The van der Waals surface area contributed by atoms with Crippen LogP contribution >= 0.6 is 0 Å². The number of rotatable bonds is 8. The second-order valence-corrected chi connectivity index (χ2v) is 11.0. The van der Waals surface area contributed by atoms with Crippen LogP contribution in [-0.4, -0.2) is 33.4 Å². The van der Waals surface area contributed by atoms with Gasteiger partial charge in [-0.25, -0.2) is 9.78 Å². The number of aromatic nitrogens is 2. The molecule has 0 saturated heterocycles. The van der Waals surface area contributed by atoms with E-state index >= 15 is 0 Å². The van der Waals surface area contributed by atoms with Crippen molar-refractivity contribution in [1.29, 1.82) is 0 Å². The molecule has 0 fully saturated rings. The zero-order chi connectivity index (χ0) is 28.9. The van der Waals surface area contributed by atoms with Crippen molar-refractivity contribution in [3.8, 4) is 11.1 Å². The lowest BCUT2D eigenvalue weighted by Crippen LogP contribution is -2.40. The topological polar surface area (TPSA) is 136 Å². The van der Waals surface area contributed by atoms with Gasteiger partial charge in [-0.1, -0.05) is 49.7 Å². The normalized spacial score (nSPS) is 11.3. The highest BCUT2D eigenvalue weighted by molar-refractivity contribution is 6.06. The number of alkyl carbamates (subject to hydrolysis) is 1. The van der Waals surface area contributed by atoms with Gasteiger partial charge in [-0.05, 0) is 64.7 Å². The molecule has 0 aliphatic heterocycles. The van der Waals surface area contributed by atoms with Crippen LogP contribution in [0.15, 0.2) is 42.5 Å². The second kappa shape index (κ2) is 12.1. The summed E-state index contributed by atoms with van der Waals surface area (Å²) in [6.45, 7) is 13.6. The molecular weight excluding hydrogens is 494 g/mol. The maximum atomic E-state index is 13.3. The van der Waals surface area contributed by atoms with Crippen LogP contribution in [0.4, 0.5) is 10.5 Å². The van der Waals surface area contributed by atoms with Gasteiger partial charge in [-0.2, -0.15) is 0 Å². The number of hydrogen-bond acceptors (Lipinski definition) is 6. The number of carbonyl (C=O) groups excluding carboxylic acids is 3. The third-order valence-electron chi connectivity index (χ3n) is 5.80. The summed E-state index contributed by atoms with van der Waals surface area (Å²) in [5, 5.41) is 5.76. The molecule has 0 saturated carbocycles. The van der Waals surface area contributed by atoms with Crippen LogP contribution in [0.2, 0.25) is 0 Å². The van der Waals surface area contributed by atoms with E-state index in [0.717, 1.165) is 16.8 Å². The predicted molar refractivity (Wildman–Crippen MR) is 151 cm³/mol. The van der Waals surface area contributed by atoms with Crippen molar-refractivity contribution >= 4 is 23.6 Å². The number of pyridine rings is 2. The molecule has 0 bridgehead atoms. The largest absolute Gasteiger partial charge is 0.445 e. The van der Waals surface area contributed by atoms with Gasteiger partial charge in [-0.3, -0.25) is 14.6 Å². The monoisotopic (exact) mass is 531 g/mol. The van der Waals surface area contributed by atoms with Crippen LogP contribution in [0, 0.1) is 19.8 Å². The fraction of sp³-hybridized carbons (Fsp3) is 0.367. The molecule has 0 atom stereocenters. The number of hydrogen-bond donors (Lipinski definition) is 3. The van der Waals surface area contributed by atoms with Crippen molar-refractivity contribution in [2.24, 2.45) is 11.7 Å². The summed E-state index contributed by atoms with van der Waals surface area (Å²) in [5.74, 6) is -0.967. The standard InChI is InChI=1S/C30H37N5O4/c1-17(2)15-24-21(16-39-29(38)35-30(5,6)7)25(20-13-11-18(3)12-14-20)26(19(4)32-24)34-28(37)23-10-8-9-22(33-23)27(31)36/h8-14,17H,15-16H2,1-7H3,(H2,31,36)(H,34,37)(H,35,38). The number of nitrogens with one attached hydrogen (secondary N) is 2. The molecule has 0 spiro atoms. The summed E-state index contributed by atoms with van der Waals surface area (Å²) < 4.78 is 5.67. The van der Waals surface area contributed by atoms with E-state index in [0.29, 0.717) is 28.9 Å². The first kappa shape index (κ1) is 29.3. The molecule has 2 aromatic heterocycles. The van der Waals surface area contributed by atoms with Gasteiger partial charge in [0.15, 0.2) is 0 Å². The molecule has 3 rings (SSSR count). The van der Waals surface area contributed by atoms with E-state index in [1.54, 1.807) is 6.07 Å². The molecule has 0 radical (unpaired) electrons. The molecule has 2 heterocycles. The lowest BCUT2D eigenvalue weighted by Gasteiger charge is -2.23. The van der Waals surface area contributed by atoms with Crippen molar-refractivity contribution in [1.82, 2.24) is 15.3 Å². The minimum atomic E-state index is -0.728. The minimum absolute atomic E-state index is 0.0116. The molecule has 0 aliphatic rings. The van der Waals surface area contributed by atoms with Crippen molar-refractivity contribution in [2.45, 2.75) is 67.0 Å². The molecule has 39 heavy (non-hydrogen) atoms. The van der Waals surface area contributed by atoms with Gasteiger partial charge in [0.2, 0.25) is 0 Å². The van der Waals surface area contributed by atoms with Gasteiger partial charge in [0.05, 0.1) is 11.4 Å². The van der Waals surface area contributed by atoms with E-state index in [-0.39, 0.29) is 23.9 Å². The molecule has 1 aromatic carbocycles. The Labute approximate surface area is 229 Å². The Bertz CT molecular complexity index is 1380. The van der Waals surface area contributed by atoms with Gasteiger partial charge in [0.25, 0.3) is 11.8 Å². The Morgan fingerprint density at radius 2 is 1.62 bits per heavy atom. The van der Waals surface area contributed by atoms with Crippen molar-refractivity contribution in [3.63, 3.8) is 0 Å². The maximum Gasteiger partial charge on any atom is 0.407 e. The first-order chi connectivity index (χ1) is 18.2. The summed E-state index contributed by atoms with van der Waals surface area (Å²) in [4.78, 5) is 46.5. The molecule has 9 nitrogen and oxygen atoms in total. The van der Waals surface area contributed by atoms with E-state index < -0.39 is 23.4 Å². The van der Waals surface area contributed by atoms with Gasteiger partial charge >= 0.3 is 6.09 Å². The SMILES string of the molecule is Cc1ccc(-c2c(COC(=O)NC(C)(C)C)c(CC(C)C)nc(C)c2NC(=O)c2cccc(C(N)=O)n2)cc1. The zero-order valence-corrected chi connectivity index (χ0v) is 23.6. The number of benzene rings is 1. The van der Waals surface area contributed by atoms with Crippen LogP contribution in [0.3, 0.4) is 0 Å². The summed E-state index contributed by atoms with van der Waals surface area (Å²) in [7, 11) is 0. The van der Waals surface area contributed by atoms with Gasteiger partial charge in [0, 0.05) is 22.4 Å². The first-order valence-corrected chi connectivity index (χ1v) is 12.9. The number of nitrogens with zero attached hydrogens (tertiary/aromatic N) is 2. The Kier molecular flexibility index (Phi) is 9.06. The number of carbonyl (C=O) groups is 3. The number of anilines is 1. The van der Waals surface area contributed by atoms with Gasteiger partial charge in [0.1, 0.15) is 18.0 Å². The number of aryl methyl sites for hydroxylation is 2. The van der Waals surface area contributed by atoms with Crippen molar-refractivity contribution in [2.75, 3.05) is 5.32 Å². The molecule has 9 heteroatoms. The number of ether oxygens (including phenoxy) is 1. The third-order valence-corrected chi connectivity index (χ3v) is 5.80. The lowest BCUT2D eigenvalue weighted by molar-refractivity contribution is 0.0994. The van der Waals surface area contributed by atoms with E-state index in [4.69, 9.17) is 15.5 Å². The Hall–Kier alpha value is -4.27. The molecular formula is C30H37N5O4. The van der Waals surface area contributed by atoms with Crippen LogP contribution in [-0.2, 0) is 17.8 Å². The Morgan fingerprint density at radius 1 is 0.974 bits per heavy atom. The molecule has 0 aliphatic carbocycles. The Morgan fingerprint density at radius 3 is 2.21 bits per heavy atom. The van der Waals surface area contributed by atoms with E-state index in [1.807, 2.05) is 58.9 Å². The smallest absolute Gasteiger partial charge is 0.407 e. The lowest BCUT2D eigenvalue weighted by atomic mass is 9.92. The molecule has 0 unspecified atom stereocenters. The minimum Gasteiger partial charge on any atom is -0.445 e. The quantitative estimate of drug-likeness (QED) is 0.359. The molecule has 3 aromatic rings. The summed E-state index contributed by atoms with van der Waals surface area (Å²) in [6.07, 6.45) is 0.0990. The summed E-state index contributed by atoms with van der Waals surface area (Å²) in [6, 6.07) is 12.4. The van der Waals surface area contributed by atoms with E-state index in [9.17, 15) is 14.4 Å². The average molecular weight is 532 g/mol. The van der Waals surface area contributed by atoms with Crippen molar-refractivity contribution in [3.05, 3.63) is 76.4 Å². The zero-order valence-electron chi connectivity index (χ0n) is 23.6.